The first-order chi connectivity index (χ1) is 9.32. The van der Waals surface area contributed by atoms with Crippen molar-refractivity contribution in [2.45, 2.75) is 90.7 Å². The number of nitrogens with two attached hydrogens (primary N) is 1. The molecule has 2 rings (SSSR count). The van der Waals surface area contributed by atoms with Crippen LogP contribution in [0.1, 0.15) is 79.1 Å². The SMILES string of the molecule is CC(CC(N)C1CCOC2(CCCCC2)C1)C(C)(C)C. The Morgan fingerprint density at radius 2 is 1.85 bits per heavy atom. The molecule has 0 aromatic rings. The number of hydrogen-bond donors (Lipinski definition) is 1. The molecular formula is C18H35NO. The third-order valence-corrected chi connectivity index (χ3v) is 6.01. The highest BCUT2D eigenvalue weighted by molar-refractivity contribution is 4.93. The molecular weight excluding hydrogens is 246 g/mol. The Morgan fingerprint density at radius 3 is 2.45 bits per heavy atom. The van der Waals surface area contributed by atoms with E-state index in [4.69, 9.17) is 10.5 Å². The fourth-order valence-electron chi connectivity index (χ4n) is 3.93. The quantitative estimate of drug-likeness (QED) is 0.825. The second-order valence-corrected chi connectivity index (χ2v) is 8.51. The molecule has 3 atom stereocenters. The van der Waals surface area contributed by atoms with Gasteiger partial charge in [0, 0.05) is 12.6 Å². The van der Waals surface area contributed by atoms with Crippen LogP contribution in [0.2, 0.25) is 0 Å². The molecule has 1 heterocycles. The Balaban J connectivity index is 1.91. The summed E-state index contributed by atoms with van der Waals surface area (Å²) in [6.07, 6.45) is 10.2. The molecule has 0 aromatic carbocycles. The number of hydrogen-bond acceptors (Lipinski definition) is 2. The van der Waals surface area contributed by atoms with Crippen molar-refractivity contribution in [2.24, 2.45) is 23.0 Å². The molecule has 1 saturated carbocycles. The predicted octanol–water partition coefficient (Wildman–Crippen LogP) is 4.52. The third-order valence-electron chi connectivity index (χ3n) is 6.01. The summed E-state index contributed by atoms with van der Waals surface area (Å²) in [6, 6.07) is 0.354. The lowest BCUT2D eigenvalue weighted by Crippen LogP contribution is -2.47. The topological polar surface area (TPSA) is 35.2 Å². The molecule has 2 nitrogen and oxygen atoms in total. The van der Waals surface area contributed by atoms with Crippen LogP contribution in [0.3, 0.4) is 0 Å². The first-order valence-electron chi connectivity index (χ1n) is 8.72. The molecule has 2 aliphatic rings. The molecule has 2 N–H and O–H groups in total. The summed E-state index contributed by atoms with van der Waals surface area (Å²) in [5.41, 5.74) is 7.15. The number of rotatable bonds is 3. The van der Waals surface area contributed by atoms with E-state index in [1.54, 1.807) is 0 Å². The van der Waals surface area contributed by atoms with Gasteiger partial charge in [0.1, 0.15) is 0 Å². The minimum absolute atomic E-state index is 0.198. The normalized spacial score (nSPS) is 30.1. The summed E-state index contributed by atoms with van der Waals surface area (Å²) in [6.45, 7) is 10.3. The van der Waals surface area contributed by atoms with Crippen molar-refractivity contribution in [3.05, 3.63) is 0 Å². The first-order valence-corrected chi connectivity index (χ1v) is 8.72. The van der Waals surface area contributed by atoms with Crippen LogP contribution in [0.25, 0.3) is 0 Å². The van der Waals surface area contributed by atoms with Crippen molar-refractivity contribution >= 4 is 0 Å². The molecule has 1 spiro atoms. The first kappa shape index (κ1) is 16.3. The van der Waals surface area contributed by atoms with Crippen LogP contribution in [0, 0.1) is 17.3 Å². The molecule has 118 valence electrons. The van der Waals surface area contributed by atoms with Gasteiger partial charge in [0.05, 0.1) is 5.60 Å². The zero-order valence-corrected chi connectivity index (χ0v) is 14.1. The smallest absolute Gasteiger partial charge is 0.0685 e. The number of ether oxygens (including phenoxy) is 1. The van der Waals surface area contributed by atoms with Crippen molar-refractivity contribution in [2.75, 3.05) is 6.61 Å². The summed E-state index contributed by atoms with van der Waals surface area (Å²) >= 11 is 0. The molecule has 0 radical (unpaired) electrons. The second-order valence-electron chi connectivity index (χ2n) is 8.51. The van der Waals surface area contributed by atoms with Gasteiger partial charge >= 0.3 is 0 Å². The maximum atomic E-state index is 6.58. The molecule has 2 fully saturated rings. The van der Waals surface area contributed by atoms with Crippen LogP contribution in [-0.2, 0) is 4.74 Å². The monoisotopic (exact) mass is 281 g/mol. The van der Waals surface area contributed by atoms with Gasteiger partial charge in [-0.2, -0.15) is 0 Å². The van der Waals surface area contributed by atoms with E-state index in [9.17, 15) is 0 Å². The van der Waals surface area contributed by atoms with Crippen LogP contribution in [-0.4, -0.2) is 18.2 Å². The third kappa shape index (κ3) is 3.98. The van der Waals surface area contributed by atoms with Gasteiger partial charge in [-0.15, -0.1) is 0 Å². The summed E-state index contributed by atoms with van der Waals surface area (Å²) in [5, 5.41) is 0. The van der Waals surface area contributed by atoms with Gasteiger partial charge in [0.2, 0.25) is 0 Å². The van der Waals surface area contributed by atoms with Gasteiger partial charge in [0.25, 0.3) is 0 Å². The van der Waals surface area contributed by atoms with E-state index in [0.717, 1.165) is 13.0 Å². The zero-order valence-electron chi connectivity index (χ0n) is 14.1. The van der Waals surface area contributed by atoms with Crippen molar-refractivity contribution in [3.8, 4) is 0 Å². The molecule has 3 unspecified atom stereocenters. The maximum absolute atomic E-state index is 6.58. The summed E-state index contributed by atoms with van der Waals surface area (Å²) < 4.78 is 6.20. The second kappa shape index (κ2) is 6.36. The van der Waals surface area contributed by atoms with Crippen LogP contribution >= 0.6 is 0 Å². The molecule has 1 saturated heterocycles. The van der Waals surface area contributed by atoms with E-state index >= 15 is 0 Å². The lowest BCUT2D eigenvalue weighted by Gasteiger charge is -2.45. The van der Waals surface area contributed by atoms with E-state index in [2.05, 4.69) is 27.7 Å². The lowest BCUT2D eigenvalue weighted by atomic mass is 9.71. The average molecular weight is 281 g/mol. The molecule has 20 heavy (non-hydrogen) atoms. The average Bonchev–Trinajstić information content (AvgIpc) is 2.38. The van der Waals surface area contributed by atoms with Gasteiger partial charge < -0.3 is 10.5 Å². The Hall–Kier alpha value is -0.0800. The van der Waals surface area contributed by atoms with E-state index in [-0.39, 0.29) is 5.60 Å². The maximum Gasteiger partial charge on any atom is 0.0685 e. The Labute approximate surface area is 125 Å². The molecule has 1 aliphatic heterocycles. The van der Waals surface area contributed by atoms with Gasteiger partial charge in [-0.25, -0.2) is 0 Å². The molecule has 0 aromatic heterocycles. The standard InChI is InChI=1S/C18H35NO/c1-14(17(2,3)4)12-16(19)15-8-11-20-18(13-15)9-6-5-7-10-18/h14-16H,5-13,19H2,1-4H3. The van der Waals surface area contributed by atoms with Gasteiger partial charge in [-0.1, -0.05) is 47.0 Å². The molecule has 0 bridgehead atoms. The highest BCUT2D eigenvalue weighted by atomic mass is 16.5. The lowest BCUT2D eigenvalue weighted by molar-refractivity contribution is -0.121. The summed E-state index contributed by atoms with van der Waals surface area (Å²) in [5.74, 6) is 1.36. The van der Waals surface area contributed by atoms with Crippen LogP contribution < -0.4 is 5.73 Å². The Bertz CT molecular complexity index is 296. The summed E-state index contributed by atoms with van der Waals surface area (Å²) in [7, 11) is 0. The van der Waals surface area contributed by atoms with Crippen LogP contribution in [0.4, 0.5) is 0 Å². The minimum Gasteiger partial charge on any atom is -0.375 e. The van der Waals surface area contributed by atoms with Crippen molar-refractivity contribution in [3.63, 3.8) is 0 Å². The van der Waals surface area contributed by atoms with E-state index < -0.39 is 0 Å². The van der Waals surface area contributed by atoms with Crippen LogP contribution in [0.5, 0.6) is 0 Å². The van der Waals surface area contributed by atoms with Gasteiger partial charge in [0.15, 0.2) is 0 Å². The molecule has 2 heteroatoms. The molecule has 0 amide bonds. The Morgan fingerprint density at radius 1 is 1.20 bits per heavy atom. The van der Waals surface area contributed by atoms with Crippen molar-refractivity contribution in [1.29, 1.82) is 0 Å². The predicted molar refractivity (Wildman–Crippen MR) is 85.7 cm³/mol. The fourth-order valence-corrected chi connectivity index (χ4v) is 3.93. The Kier molecular flexibility index (Phi) is 5.18. The van der Waals surface area contributed by atoms with Gasteiger partial charge in [-0.3, -0.25) is 0 Å². The summed E-state index contributed by atoms with van der Waals surface area (Å²) in [4.78, 5) is 0. The largest absolute Gasteiger partial charge is 0.375 e. The van der Waals surface area contributed by atoms with E-state index in [0.29, 0.717) is 23.3 Å². The zero-order chi connectivity index (χ0) is 14.8. The highest BCUT2D eigenvalue weighted by Crippen LogP contribution is 2.42. The fraction of sp³-hybridized carbons (Fsp3) is 1.00. The molecule has 1 aliphatic carbocycles. The minimum atomic E-state index is 0.198. The van der Waals surface area contributed by atoms with Crippen molar-refractivity contribution < 1.29 is 4.74 Å². The highest BCUT2D eigenvalue weighted by Gasteiger charge is 2.40. The van der Waals surface area contributed by atoms with Crippen molar-refractivity contribution in [1.82, 2.24) is 0 Å². The van der Waals surface area contributed by atoms with E-state index in [1.165, 1.54) is 44.9 Å². The van der Waals surface area contributed by atoms with Gasteiger partial charge in [-0.05, 0) is 49.4 Å². The van der Waals surface area contributed by atoms with E-state index in [1.807, 2.05) is 0 Å². The van der Waals surface area contributed by atoms with Crippen LogP contribution in [0.15, 0.2) is 0 Å².